The van der Waals surface area contributed by atoms with Crippen LogP contribution in [0.5, 0.6) is 0 Å². The minimum atomic E-state index is -0.304. The van der Waals surface area contributed by atoms with Gasteiger partial charge >= 0.3 is 0 Å². The molecule has 1 aromatic carbocycles. The quantitative estimate of drug-likeness (QED) is 0.394. The maximum absolute atomic E-state index is 13.5. The molecule has 1 aliphatic rings. The molecule has 29 heavy (non-hydrogen) atoms. The van der Waals surface area contributed by atoms with E-state index in [9.17, 15) is 14.4 Å². The Morgan fingerprint density at radius 3 is 3.03 bits per heavy atom. The third-order valence-electron chi connectivity index (χ3n) is 5.00. The maximum atomic E-state index is 13.5. The van der Waals surface area contributed by atoms with Gasteiger partial charge in [-0.3, -0.25) is 4.79 Å². The standard InChI is InChI=1S/C21H21FN4O2S/c22-16-7-5-6-15(12-16)17-13-23-21(24-17)18-8-1-3-10-25(18)19(27)14-29-20-9-2-4-11-26(20)28/h2,4-7,9,11-13,18H,1,3,8,10,14H2,(H,23,24). The van der Waals surface area contributed by atoms with Crippen LogP contribution in [0, 0.1) is 11.0 Å². The number of rotatable bonds is 5. The Hall–Kier alpha value is -2.87. The molecule has 0 spiro atoms. The third-order valence-corrected chi connectivity index (χ3v) is 6.01. The Labute approximate surface area is 172 Å². The fourth-order valence-electron chi connectivity index (χ4n) is 3.57. The molecule has 0 aliphatic carbocycles. The van der Waals surface area contributed by atoms with Crippen LogP contribution in [-0.4, -0.2) is 33.1 Å². The van der Waals surface area contributed by atoms with Crippen LogP contribution < -0.4 is 4.73 Å². The lowest BCUT2D eigenvalue weighted by Gasteiger charge is -2.34. The lowest BCUT2D eigenvalue weighted by molar-refractivity contribution is -0.645. The number of halogens is 1. The second-order valence-corrected chi connectivity index (χ2v) is 7.94. The van der Waals surface area contributed by atoms with Gasteiger partial charge in [-0.2, -0.15) is 4.73 Å². The van der Waals surface area contributed by atoms with Gasteiger partial charge in [0.25, 0.3) is 5.03 Å². The summed E-state index contributed by atoms with van der Waals surface area (Å²) in [5.74, 6) is 0.579. The molecule has 1 atom stereocenters. The smallest absolute Gasteiger partial charge is 0.251 e. The van der Waals surface area contributed by atoms with Crippen molar-refractivity contribution in [3.8, 4) is 11.3 Å². The van der Waals surface area contributed by atoms with E-state index >= 15 is 0 Å². The number of H-pyrrole nitrogens is 1. The molecule has 0 bridgehead atoms. The molecule has 0 saturated carbocycles. The maximum Gasteiger partial charge on any atom is 0.251 e. The van der Waals surface area contributed by atoms with Crippen molar-refractivity contribution in [1.29, 1.82) is 0 Å². The van der Waals surface area contributed by atoms with Crippen molar-refractivity contribution < 1.29 is 13.9 Å². The van der Waals surface area contributed by atoms with Crippen LogP contribution in [0.1, 0.15) is 31.1 Å². The van der Waals surface area contributed by atoms with Gasteiger partial charge in [0.1, 0.15) is 11.6 Å². The zero-order valence-electron chi connectivity index (χ0n) is 15.8. The zero-order valence-corrected chi connectivity index (χ0v) is 16.6. The topological polar surface area (TPSA) is 75.9 Å². The monoisotopic (exact) mass is 412 g/mol. The fraction of sp³-hybridized carbons (Fsp3) is 0.286. The van der Waals surface area contributed by atoms with Crippen molar-refractivity contribution in [2.24, 2.45) is 0 Å². The number of nitrogens with one attached hydrogen (secondary N) is 1. The molecule has 3 aromatic rings. The summed E-state index contributed by atoms with van der Waals surface area (Å²) < 4.78 is 14.3. The molecule has 1 amide bonds. The predicted octanol–water partition coefficient (Wildman–Crippen LogP) is 3.70. The number of amides is 1. The van der Waals surface area contributed by atoms with Gasteiger partial charge in [-0.1, -0.05) is 12.1 Å². The first-order valence-corrected chi connectivity index (χ1v) is 10.5. The number of thioether (sulfide) groups is 1. The van der Waals surface area contributed by atoms with Crippen LogP contribution in [0.3, 0.4) is 0 Å². The fourth-order valence-corrected chi connectivity index (χ4v) is 4.37. The Morgan fingerprint density at radius 1 is 1.31 bits per heavy atom. The molecule has 0 radical (unpaired) electrons. The van der Waals surface area contributed by atoms with Crippen LogP contribution in [0.4, 0.5) is 4.39 Å². The molecule has 150 valence electrons. The molecule has 1 unspecified atom stereocenters. The second kappa shape index (κ2) is 8.65. The van der Waals surface area contributed by atoms with E-state index in [0.717, 1.165) is 35.3 Å². The molecular weight excluding hydrogens is 391 g/mol. The highest BCUT2D eigenvalue weighted by molar-refractivity contribution is 7.99. The molecule has 8 heteroatoms. The van der Waals surface area contributed by atoms with Crippen molar-refractivity contribution in [3.63, 3.8) is 0 Å². The number of benzene rings is 1. The van der Waals surface area contributed by atoms with Gasteiger partial charge in [0.05, 0.1) is 23.7 Å². The van der Waals surface area contributed by atoms with Gasteiger partial charge < -0.3 is 15.1 Å². The average Bonchev–Trinajstić information content (AvgIpc) is 3.23. The summed E-state index contributed by atoms with van der Waals surface area (Å²) in [5, 5.41) is 12.3. The summed E-state index contributed by atoms with van der Waals surface area (Å²) in [6.45, 7) is 0.659. The van der Waals surface area contributed by atoms with E-state index in [1.165, 1.54) is 30.1 Å². The Balaban J connectivity index is 1.49. The first-order valence-electron chi connectivity index (χ1n) is 9.53. The van der Waals surface area contributed by atoms with Gasteiger partial charge in [-0.15, -0.1) is 0 Å². The second-order valence-electron chi connectivity index (χ2n) is 6.94. The molecular formula is C21H21FN4O2S. The van der Waals surface area contributed by atoms with E-state index < -0.39 is 0 Å². The first kappa shape index (κ1) is 19.4. The molecule has 4 rings (SSSR count). The molecule has 2 aromatic heterocycles. The number of piperidine rings is 1. The lowest BCUT2D eigenvalue weighted by Crippen LogP contribution is -2.40. The zero-order chi connectivity index (χ0) is 20.2. The van der Waals surface area contributed by atoms with Gasteiger partial charge in [0, 0.05) is 24.2 Å². The minimum absolute atomic E-state index is 0.0211. The van der Waals surface area contributed by atoms with Gasteiger partial charge in [0.15, 0.2) is 6.20 Å². The van der Waals surface area contributed by atoms with Crippen molar-refractivity contribution in [2.45, 2.75) is 30.3 Å². The van der Waals surface area contributed by atoms with Crippen molar-refractivity contribution in [2.75, 3.05) is 12.3 Å². The number of aromatic nitrogens is 3. The summed E-state index contributed by atoms with van der Waals surface area (Å²) in [6.07, 6.45) is 5.88. The molecule has 1 aliphatic heterocycles. The highest BCUT2D eigenvalue weighted by Gasteiger charge is 2.30. The predicted molar refractivity (Wildman–Crippen MR) is 108 cm³/mol. The number of carbonyl (C=O) groups excluding carboxylic acids is 1. The van der Waals surface area contributed by atoms with Gasteiger partial charge in [0.2, 0.25) is 5.91 Å². The summed E-state index contributed by atoms with van der Waals surface area (Å²) in [4.78, 5) is 22.5. The molecule has 1 saturated heterocycles. The van der Waals surface area contributed by atoms with Gasteiger partial charge in [-0.25, -0.2) is 9.37 Å². The van der Waals surface area contributed by atoms with Crippen molar-refractivity contribution >= 4 is 17.7 Å². The number of pyridine rings is 1. The van der Waals surface area contributed by atoms with E-state index in [2.05, 4.69) is 9.97 Å². The van der Waals surface area contributed by atoms with Crippen LogP contribution in [0.2, 0.25) is 0 Å². The van der Waals surface area contributed by atoms with Crippen LogP contribution >= 0.6 is 11.8 Å². The number of hydrogen-bond donors (Lipinski definition) is 1. The summed E-state index contributed by atoms with van der Waals surface area (Å²) in [6, 6.07) is 11.3. The van der Waals surface area contributed by atoms with E-state index in [-0.39, 0.29) is 23.5 Å². The molecule has 1 fully saturated rings. The van der Waals surface area contributed by atoms with Crippen molar-refractivity contribution in [3.05, 3.63) is 71.7 Å². The van der Waals surface area contributed by atoms with Gasteiger partial charge in [-0.05, 0) is 49.2 Å². The SMILES string of the molecule is O=C(CSc1cccc[n+]1[O-])N1CCCCC1c1ncc(-c2cccc(F)c2)[nH]1. The molecule has 6 nitrogen and oxygen atoms in total. The lowest BCUT2D eigenvalue weighted by atomic mass is 10.0. The Morgan fingerprint density at radius 2 is 2.21 bits per heavy atom. The summed E-state index contributed by atoms with van der Waals surface area (Å²) >= 11 is 1.24. The Kier molecular flexibility index (Phi) is 5.80. The first-order chi connectivity index (χ1) is 14.1. The van der Waals surface area contributed by atoms with Crippen LogP contribution in [0.15, 0.2) is 59.9 Å². The molecule has 1 N–H and O–H groups in total. The molecule has 3 heterocycles. The number of hydrogen-bond acceptors (Lipinski definition) is 4. The van der Waals surface area contributed by atoms with Crippen LogP contribution in [0.25, 0.3) is 11.3 Å². The van der Waals surface area contributed by atoms with E-state index in [1.54, 1.807) is 30.5 Å². The van der Waals surface area contributed by atoms with E-state index in [4.69, 9.17) is 0 Å². The third kappa shape index (κ3) is 4.42. The number of nitrogens with zero attached hydrogens (tertiary/aromatic N) is 3. The van der Waals surface area contributed by atoms with Crippen LogP contribution in [-0.2, 0) is 4.79 Å². The number of aromatic amines is 1. The number of imidazole rings is 1. The minimum Gasteiger partial charge on any atom is -0.618 e. The number of carbonyl (C=O) groups is 1. The summed E-state index contributed by atoms with van der Waals surface area (Å²) in [7, 11) is 0. The Bertz CT molecular complexity index is 1010. The normalized spacial score (nSPS) is 16.7. The average molecular weight is 412 g/mol. The number of likely N-dealkylation sites (tertiary alicyclic amines) is 1. The van der Waals surface area contributed by atoms with E-state index in [1.807, 2.05) is 11.0 Å². The summed E-state index contributed by atoms with van der Waals surface area (Å²) in [5.41, 5.74) is 1.44. The highest BCUT2D eigenvalue weighted by Crippen LogP contribution is 2.31. The van der Waals surface area contributed by atoms with Crippen molar-refractivity contribution in [1.82, 2.24) is 14.9 Å². The van der Waals surface area contributed by atoms with E-state index in [0.29, 0.717) is 17.4 Å². The largest absolute Gasteiger partial charge is 0.618 e. The highest BCUT2D eigenvalue weighted by atomic mass is 32.2.